The van der Waals surface area contributed by atoms with Crippen molar-refractivity contribution >= 4 is 5.69 Å². The number of aryl methyl sites for hydroxylation is 1. The van der Waals surface area contributed by atoms with Crippen molar-refractivity contribution in [1.82, 2.24) is 0 Å². The molecule has 0 bridgehead atoms. The summed E-state index contributed by atoms with van der Waals surface area (Å²) in [6.07, 6.45) is 6.81. The van der Waals surface area contributed by atoms with Crippen LogP contribution in [-0.4, -0.2) is 6.04 Å². The topological polar surface area (TPSA) is 35.8 Å². The van der Waals surface area contributed by atoms with E-state index >= 15 is 0 Å². The van der Waals surface area contributed by atoms with E-state index in [-0.39, 0.29) is 0 Å². The Morgan fingerprint density at radius 1 is 1.28 bits per heavy atom. The van der Waals surface area contributed by atoms with Gasteiger partial charge in [0, 0.05) is 11.7 Å². The number of nitrogens with zero attached hydrogens (tertiary/aromatic N) is 1. The van der Waals surface area contributed by atoms with Crippen molar-refractivity contribution in [1.29, 1.82) is 5.26 Å². The van der Waals surface area contributed by atoms with E-state index in [4.69, 9.17) is 5.26 Å². The van der Waals surface area contributed by atoms with Crippen LogP contribution in [0.15, 0.2) is 18.2 Å². The summed E-state index contributed by atoms with van der Waals surface area (Å²) in [5, 5.41) is 12.6. The van der Waals surface area contributed by atoms with Gasteiger partial charge in [-0.25, -0.2) is 0 Å². The summed E-state index contributed by atoms with van der Waals surface area (Å²) in [6.45, 7) is 4.37. The molecule has 1 aliphatic rings. The average Bonchev–Trinajstić information content (AvgIpc) is 2.42. The van der Waals surface area contributed by atoms with Gasteiger partial charge in [0.05, 0.1) is 11.6 Å². The second kappa shape index (κ2) is 5.91. The lowest BCUT2D eigenvalue weighted by Crippen LogP contribution is -2.28. The fourth-order valence-electron chi connectivity index (χ4n) is 2.84. The molecule has 1 aromatic carbocycles. The number of benzene rings is 1. The molecule has 0 aliphatic heterocycles. The number of anilines is 1. The molecule has 1 aliphatic carbocycles. The molecule has 2 rings (SSSR count). The van der Waals surface area contributed by atoms with E-state index in [1.807, 2.05) is 18.2 Å². The minimum absolute atomic E-state index is 0.498. The van der Waals surface area contributed by atoms with E-state index in [1.54, 1.807) is 0 Å². The molecule has 0 amide bonds. The molecular formula is C16H22N2. The van der Waals surface area contributed by atoms with Crippen molar-refractivity contribution in [2.45, 2.75) is 52.0 Å². The maximum Gasteiger partial charge on any atom is 0.0992 e. The van der Waals surface area contributed by atoms with Crippen LogP contribution < -0.4 is 5.32 Å². The van der Waals surface area contributed by atoms with Crippen molar-refractivity contribution in [2.24, 2.45) is 5.92 Å². The van der Waals surface area contributed by atoms with Gasteiger partial charge in [0.2, 0.25) is 0 Å². The molecule has 0 radical (unpaired) electrons. The Kier molecular flexibility index (Phi) is 4.25. The van der Waals surface area contributed by atoms with Crippen molar-refractivity contribution in [3.05, 3.63) is 29.3 Å². The molecule has 0 saturated heterocycles. The van der Waals surface area contributed by atoms with Crippen LogP contribution in [0.25, 0.3) is 0 Å². The first-order valence-corrected chi connectivity index (χ1v) is 6.98. The quantitative estimate of drug-likeness (QED) is 0.860. The van der Waals surface area contributed by atoms with Gasteiger partial charge in [0.15, 0.2) is 0 Å². The highest BCUT2D eigenvalue weighted by molar-refractivity contribution is 5.55. The second-order valence-electron chi connectivity index (χ2n) is 5.47. The lowest BCUT2D eigenvalue weighted by molar-refractivity contribution is 0.328. The first kappa shape index (κ1) is 13.0. The predicted octanol–water partition coefficient (Wildman–Crippen LogP) is 4.25. The molecule has 0 spiro atoms. The highest BCUT2D eigenvalue weighted by atomic mass is 14.9. The Morgan fingerprint density at radius 2 is 2.00 bits per heavy atom. The SMILES string of the molecule is Cc1ccc(C#N)cc1NC(C)C1CCCCC1. The van der Waals surface area contributed by atoms with Gasteiger partial charge in [-0.3, -0.25) is 0 Å². The summed E-state index contributed by atoms with van der Waals surface area (Å²) < 4.78 is 0. The van der Waals surface area contributed by atoms with Crippen LogP contribution in [0.1, 0.15) is 50.2 Å². The lowest BCUT2D eigenvalue weighted by Gasteiger charge is -2.29. The summed E-state index contributed by atoms with van der Waals surface area (Å²) in [6, 6.07) is 8.58. The van der Waals surface area contributed by atoms with Crippen molar-refractivity contribution in [3.8, 4) is 6.07 Å². The molecular weight excluding hydrogens is 220 g/mol. The van der Waals surface area contributed by atoms with Crippen molar-refractivity contribution in [3.63, 3.8) is 0 Å². The third kappa shape index (κ3) is 3.04. The minimum Gasteiger partial charge on any atom is -0.382 e. The zero-order valence-electron chi connectivity index (χ0n) is 11.4. The van der Waals surface area contributed by atoms with Crippen molar-refractivity contribution in [2.75, 3.05) is 5.32 Å². The number of nitriles is 1. The van der Waals surface area contributed by atoms with E-state index in [2.05, 4.69) is 25.2 Å². The number of rotatable bonds is 3. The van der Waals surface area contributed by atoms with Crippen LogP contribution >= 0.6 is 0 Å². The molecule has 1 fully saturated rings. The molecule has 0 heterocycles. The second-order valence-corrected chi connectivity index (χ2v) is 5.47. The van der Waals surface area contributed by atoms with E-state index in [0.717, 1.165) is 17.2 Å². The molecule has 1 saturated carbocycles. The fourth-order valence-corrected chi connectivity index (χ4v) is 2.84. The first-order valence-electron chi connectivity index (χ1n) is 6.98. The maximum atomic E-state index is 8.96. The molecule has 18 heavy (non-hydrogen) atoms. The molecule has 1 atom stereocenters. The van der Waals surface area contributed by atoms with Crippen LogP contribution in [0.5, 0.6) is 0 Å². The fraction of sp³-hybridized carbons (Fsp3) is 0.562. The van der Waals surface area contributed by atoms with Gasteiger partial charge in [-0.2, -0.15) is 5.26 Å². The van der Waals surface area contributed by atoms with Gasteiger partial charge in [-0.1, -0.05) is 25.3 Å². The summed E-state index contributed by atoms with van der Waals surface area (Å²) in [4.78, 5) is 0. The van der Waals surface area contributed by atoms with Gasteiger partial charge in [0.25, 0.3) is 0 Å². The summed E-state index contributed by atoms with van der Waals surface area (Å²) in [5.41, 5.74) is 3.07. The van der Waals surface area contributed by atoms with Gasteiger partial charge < -0.3 is 5.32 Å². The predicted molar refractivity (Wildman–Crippen MR) is 75.6 cm³/mol. The molecule has 96 valence electrons. The van der Waals surface area contributed by atoms with Gasteiger partial charge in [0.1, 0.15) is 0 Å². The van der Waals surface area contributed by atoms with Crippen LogP contribution in [0.4, 0.5) is 5.69 Å². The van der Waals surface area contributed by atoms with E-state index in [0.29, 0.717) is 6.04 Å². The maximum absolute atomic E-state index is 8.96. The third-order valence-corrected chi connectivity index (χ3v) is 4.11. The lowest BCUT2D eigenvalue weighted by atomic mass is 9.84. The highest BCUT2D eigenvalue weighted by Gasteiger charge is 2.20. The smallest absolute Gasteiger partial charge is 0.0992 e. The zero-order valence-corrected chi connectivity index (χ0v) is 11.4. The number of hydrogen-bond acceptors (Lipinski definition) is 2. The number of nitrogens with one attached hydrogen (secondary N) is 1. The summed E-state index contributed by atoms with van der Waals surface area (Å²) >= 11 is 0. The average molecular weight is 242 g/mol. The van der Waals surface area contributed by atoms with Crippen LogP contribution in [0, 0.1) is 24.2 Å². The Hall–Kier alpha value is -1.49. The standard InChI is InChI=1S/C16H22N2/c1-12-8-9-14(11-17)10-16(12)18-13(2)15-6-4-3-5-7-15/h8-10,13,15,18H,3-7H2,1-2H3. The van der Waals surface area contributed by atoms with E-state index < -0.39 is 0 Å². The molecule has 1 aromatic rings. The van der Waals surface area contributed by atoms with Crippen LogP contribution in [-0.2, 0) is 0 Å². The Bertz CT molecular complexity index is 439. The molecule has 2 heteroatoms. The molecule has 1 N–H and O–H groups in total. The van der Waals surface area contributed by atoms with E-state index in [1.165, 1.54) is 37.7 Å². The Balaban J connectivity index is 2.06. The van der Waals surface area contributed by atoms with Gasteiger partial charge >= 0.3 is 0 Å². The molecule has 0 aromatic heterocycles. The Labute approximate surface area is 110 Å². The van der Waals surface area contributed by atoms with Gasteiger partial charge in [-0.05, 0) is 50.3 Å². The third-order valence-electron chi connectivity index (χ3n) is 4.11. The number of hydrogen-bond donors (Lipinski definition) is 1. The summed E-state index contributed by atoms with van der Waals surface area (Å²) in [7, 11) is 0. The van der Waals surface area contributed by atoms with Crippen LogP contribution in [0.3, 0.4) is 0 Å². The molecule has 1 unspecified atom stereocenters. The van der Waals surface area contributed by atoms with Crippen LogP contribution in [0.2, 0.25) is 0 Å². The Morgan fingerprint density at radius 3 is 2.67 bits per heavy atom. The zero-order chi connectivity index (χ0) is 13.0. The monoisotopic (exact) mass is 242 g/mol. The first-order chi connectivity index (χ1) is 8.70. The van der Waals surface area contributed by atoms with Crippen molar-refractivity contribution < 1.29 is 0 Å². The largest absolute Gasteiger partial charge is 0.382 e. The minimum atomic E-state index is 0.498. The van der Waals surface area contributed by atoms with E-state index in [9.17, 15) is 0 Å². The highest BCUT2D eigenvalue weighted by Crippen LogP contribution is 2.29. The molecule has 2 nitrogen and oxygen atoms in total. The van der Waals surface area contributed by atoms with Gasteiger partial charge in [-0.15, -0.1) is 0 Å². The normalized spacial score (nSPS) is 18.1. The summed E-state index contributed by atoms with van der Waals surface area (Å²) in [5.74, 6) is 0.781.